The van der Waals surface area contributed by atoms with E-state index < -0.39 is 10.8 Å². The van der Waals surface area contributed by atoms with Crippen molar-refractivity contribution in [3.8, 4) is 17.6 Å². The van der Waals surface area contributed by atoms with Gasteiger partial charge < -0.3 is 9.57 Å². The smallest absolute Gasteiger partial charge is 0.177 e. The predicted octanol–water partition coefficient (Wildman–Crippen LogP) is 2.83. The molecule has 0 heterocycles. The molecule has 0 spiro atoms. The van der Waals surface area contributed by atoms with Crippen molar-refractivity contribution in [2.75, 3.05) is 20.0 Å². The predicted molar refractivity (Wildman–Crippen MR) is 92.2 cm³/mol. The summed E-state index contributed by atoms with van der Waals surface area (Å²) in [6.07, 6.45) is 3.23. The van der Waals surface area contributed by atoms with E-state index in [4.69, 9.17) is 9.57 Å². The average molecular weight is 327 g/mol. The number of oxime groups is 1. The highest BCUT2D eigenvalue weighted by atomic mass is 32.2. The summed E-state index contributed by atoms with van der Waals surface area (Å²) in [6, 6.07) is 14.8. The molecule has 2 aromatic rings. The first kappa shape index (κ1) is 16.8. The van der Waals surface area contributed by atoms with E-state index in [1.165, 1.54) is 0 Å². The number of nitrogens with zero attached hydrogens (tertiary/aromatic N) is 1. The van der Waals surface area contributed by atoms with E-state index in [1.54, 1.807) is 25.6 Å². The van der Waals surface area contributed by atoms with Crippen molar-refractivity contribution in [2.24, 2.45) is 5.16 Å². The fourth-order valence-electron chi connectivity index (χ4n) is 1.83. The van der Waals surface area contributed by atoms with Gasteiger partial charge in [0.25, 0.3) is 0 Å². The Bertz CT molecular complexity index is 775. The molecular weight excluding hydrogens is 310 g/mol. The van der Waals surface area contributed by atoms with E-state index in [-0.39, 0.29) is 6.61 Å². The minimum Gasteiger partial charge on any atom is -0.496 e. The van der Waals surface area contributed by atoms with Crippen LogP contribution in [0.5, 0.6) is 5.75 Å². The molecule has 0 aliphatic carbocycles. The third kappa shape index (κ3) is 5.28. The standard InChI is InChI=1S/C18H17NO3S/c1-21-18-11-4-3-9-16(18)14-19-22-12-6-8-15-7-5-10-17(13-15)23(2)20/h3-5,7,9-11,13-14H,12H2,1-2H3/b19-14+. The number of rotatable bonds is 5. The molecule has 0 aliphatic heterocycles. The summed E-state index contributed by atoms with van der Waals surface area (Å²) in [5.41, 5.74) is 1.64. The maximum Gasteiger partial charge on any atom is 0.177 e. The highest BCUT2D eigenvalue weighted by Gasteiger charge is 1.97. The topological polar surface area (TPSA) is 47.9 Å². The van der Waals surface area contributed by atoms with Crippen LogP contribution >= 0.6 is 0 Å². The fraction of sp³-hybridized carbons (Fsp3) is 0.167. The molecule has 2 rings (SSSR count). The zero-order valence-corrected chi connectivity index (χ0v) is 13.8. The van der Waals surface area contributed by atoms with Gasteiger partial charge in [0.1, 0.15) is 5.75 Å². The van der Waals surface area contributed by atoms with Crippen molar-refractivity contribution in [1.29, 1.82) is 0 Å². The van der Waals surface area contributed by atoms with E-state index in [0.29, 0.717) is 0 Å². The van der Waals surface area contributed by atoms with Gasteiger partial charge in [0.15, 0.2) is 6.61 Å². The summed E-state index contributed by atoms with van der Waals surface area (Å²) in [7, 11) is 0.599. The molecule has 2 aromatic carbocycles. The quantitative estimate of drug-likeness (QED) is 0.367. The van der Waals surface area contributed by atoms with Gasteiger partial charge in [-0.05, 0) is 30.3 Å². The number of methoxy groups -OCH3 is 1. The molecule has 0 saturated heterocycles. The first-order chi connectivity index (χ1) is 11.2. The van der Waals surface area contributed by atoms with Crippen LogP contribution in [0.3, 0.4) is 0 Å². The largest absolute Gasteiger partial charge is 0.496 e. The molecule has 0 N–H and O–H groups in total. The molecule has 4 nitrogen and oxygen atoms in total. The van der Waals surface area contributed by atoms with Crippen LogP contribution in [-0.4, -0.2) is 30.4 Å². The second-order valence-electron chi connectivity index (χ2n) is 4.53. The van der Waals surface area contributed by atoms with E-state index in [1.807, 2.05) is 42.5 Å². The molecular formula is C18H17NO3S. The van der Waals surface area contributed by atoms with E-state index in [2.05, 4.69) is 17.0 Å². The van der Waals surface area contributed by atoms with Gasteiger partial charge in [0.05, 0.1) is 13.3 Å². The van der Waals surface area contributed by atoms with Crippen LogP contribution in [0.25, 0.3) is 0 Å². The van der Waals surface area contributed by atoms with E-state index in [0.717, 1.165) is 21.8 Å². The maximum atomic E-state index is 11.4. The molecule has 5 heteroatoms. The second kappa shape index (κ2) is 8.76. The summed E-state index contributed by atoms with van der Waals surface area (Å²) in [4.78, 5) is 5.87. The van der Waals surface area contributed by atoms with Crippen molar-refractivity contribution < 1.29 is 13.8 Å². The minimum absolute atomic E-state index is 0.172. The van der Waals surface area contributed by atoms with E-state index in [9.17, 15) is 4.21 Å². The van der Waals surface area contributed by atoms with Gasteiger partial charge in [-0.25, -0.2) is 0 Å². The van der Waals surface area contributed by atoms with Gasteiger partial charge in [-0.2, -0.15) is 0 Å². The van der Waals surface area contributed by atoms with Crippen molar-refractivity contribution in [2.45, 2.75) is 4.90 Å². The van der Waals surface area contributed by atoms with Gasteiger partial charge in [-0.15, -0.1) is 0 Å². The first-order valence-corrected chi connectivity index (χ1v) is 8.47. The van der Waals surface area contributed by atoms with Crippen LogP contribution in [0.2, 0.25) is 0 Å². The van der Waals surface area contributed by atoms with Crippen LogP contribution in [-0.2, 0) is 15.6 Å². The molecule has 0 saturated carbocycles. The summed E-state index contributed by atoms with van der Waals surface area (Å²) < 4.78 is 16.6. The summed E-state index contributed by atoms with van der Waals surface area (Å²) in [5, 5.41) is 3.87. The third-order valence-electron chi connectivity index (χ3n) is 2.94. The van der Waals surface area contributed by atoms with Gasteiger partial charge in [0, 0.05) is 33.1 Å². The van der Waals surface area contributed by atoms with Crippen LogP contribution in [0.1, 0.15) is 11.1 Å². The first-order valence-electron chi connectivity index (χ1n) is 6.91. The monoisotopic (exact) mass is 327 g/mol. The lowest BCUT2D eigenvalue weighted by molar-refractivity contribution is 0.181. The minimum atomic E-state index is -1.01. The van der Waals surface area contributed by atoms with Gasteiger partial charge in [0.2, 0.25) is 0 Å². The lowest BCUT2D eigenvalue weighted by Crippen LogP contribution is -1.91. The second-order valence-corrected chi connectivity index (χ2v) is 5.91. The zero-order chi connectivity index (χ0) is 16.5. The van der Waals surface area contributed by atoms with E-state index >= 15 is 0 Å². The van der Waals surface area contributed by atoms with Crippen LogP contribution in [0, 0.1) is 11.8 Å². The number of benzene rings is 2. The highest BCUT2D eigenvalue weighted by molar-refractivity contribution is 7.84. The molecule has 1 unspecified atom stereocenters. The lowest BCUT2D eigenvalue weighted by atomic mass is 10.2. The Morgan fingerprint density at radius 3 is 2.83 bits per heavy atom. The summed E-state index contributed by atoms with van der Waals surface area (Å²) >= 11 is 0. The van der Waals surface area contributed by atoms with Gasteiger partial charge in [-0.1, -0.05) is 35.2 Å². The van der Waals surface area contributed by atoms with Crippen LogP contribution in [0.15, 0.2) is 58.6 Å². The maximum absolute atomic E-state index is 11.4. The number of hydrogen-bond donors (Lipinski definition) is 0. The molecule has 0 bridgehead atoms. The summed E-state index contributed by atoms with van der Waals surface area (Å²) in [5.74, 6) is 6.55. The van der Waals surface area contributed by atoms with Gasteiger partial charge in [-0.3, -0.25) is 4.21 Å². The van der Waals surface area contributed by atoms with Crippen molar-refractivity contribution >= 4 is 17.0 Å². The Morgan fingerprint density at radius 2 is 2.04 bits per heavy atom. The highest BCUT2D eigenvalue weighted by Crippen LogP contribution is 2.14. The molecule has 1 atom stereocenters. The zero-order valence-electron chi connectivity index (χ0n) is 13.0. The van der Waals surface area contributed by atoms with Crippen LogP contribution in [0.4, 0.5) is 0 Å². The van der Waals surface area contributed by atoms with Crippen molar-refractivity contribution in [1.82, 2.24) is 0 Å². The summed E-state index contributed by atoms with van der Waals surface area (Å²) in [6.45, 7) is 0.172. The Hall–Kier alpha value is -2.58. The van der Waals surface area contributed by atoms with Crippen molar-refractivity contribution in [3.63, 3.8) is 0 Å². The Morgan fingerprint density at radius 1 is 1.22 bits per heavy atom. The lowest BCUT2D eigenvalue weighted by Gasteiger charge is -2.02. The Balaban J connectivity index is 1.90. The molecule has 0 radical (unpaired) electrons. The van der Waals surface area contributed by atoms with Gasteiger partial charge >= 0.3 is 0 Å². The van der Waals surface area contributed by atoms with Crippen molar-refractivity contribution in [3.05, 3.63) is 59.7 Å². The number of hydrogen-bond acceptors (Lipinski definition) is 4. The molecule has 23 heavy (non-hydrogen) atoms. The normalized spacial score (nSPS) is 11.6. The van der Waals surface area contributed by atoms with Crippen LogP contribution < -0.4 is 4.74 Å². The fourth-order valence-corrected chi connectivity index (χ4v) is 2.39. The Labute approximate surface area is 138 Å². The molecule has 118 valence electrons. The molecule has 0 aliphatic rings. The number of ether oxygens (including phenoxy) is 1. The third-order valence-corrected chi connectivity index (χ3v) is 3.86. The molecule has 0 aromatic heterocycles. The number of para-hydroxylation sites is 1. The molecule has 0 amide bonds. The SMILES string of the molecule is COc1ccccc1/C=N/OCC#Cc1cccc(S(C)=O)c1. The Kier molecular flexibility index (Phi) is 6.40. The molecule has 0 fully saturated rings. The average Bonchev–Trinajstić information content (AvgIpc) is 2.58.